The van der Waals surface area contributed by atoms with Crippen molar-refractivity contribution in [3.05, 3.63) is 70.6 Å². The number of amides is 1. The van der Waals surface area contributed by atoms with Crippen LogP contribution >= 0.6 is 12.4 Å². The number of hydrogen-bond acceptors (Lipinski definition) is 4. The van der Waals surface area contributed by atoms with Crippen molar-refractivity contribution in [2.24, 2.45) is 11.7 Å². The molecule has 2 N–H and O–H groups in total. The molecule has 0 bridgehead atoms. The maximum Gasteiger partial charge on any atom is 0.344 e. The monoisotopic (exact) mass is 384 g/mol. The van der Waals surface area contributed by atoms with Crippen molar-refractivity contribution in [1.82, 2.24) is 4.90 Å². The number of benzene rings is 2. The van der Waals surface area contributed by atoms with E-state index < -0.39 is 5.63 Å². The van der Waals surface area contributed by atoms with Crippen LogP contribution in [-0.4, -0.2) is 30.4 Å². The molecule has 2 aromatic carbocycles. The topological polar surface area (TPSA) is 76.5 Å². The number of nitrogens with zero attached hydrogens (tertiary/aromatic N) is 1. The Morgan fingerprint density at radius 2 is 1.96 bits per heavy atom. The van der Waals surface area contributed by atoms with E-state index in [2.05, 4.69) is 0 Å². The quantitative estimate of drug-likeness (QED) is 0.703. The van der Waals surface area contributed by atoms with E-state index in [4.69, 9.17) is 10.2 Å². The highest BCUT2D eigenvalue weighted by Gasteiger charge is 2.26. The standard InChI is InChI=1S/C21H20N2O3.ClH/c22-12-14-8-9-23(13-14)20(24)17-6-3-5-15(10-17)18-11-16-4-1-2-7-19(16)26-21(18)25;/h1-7,10-11,14H,8-9,12-13,22H2;1H. The Bertz CT molecular complexity index is 1030. The van der Waals surface area contributed by atoms with E-state index in [1.165, 1.54) is 0 Å². The Morgan fingerprint density at radius 3 is 2.74 bits per heavy atom. The summed E-state index contributed by atoms with van der Waals surface area (Å²) in [6.07, 6.45) is 0.941. The second-order valence-corrected chi connectivity index (χ2v) is 6.71. The Kier molecular flexibility index (Phi) is 5.63. The zero-order valence-electron chi connectivity index (χ0n) is 14.8. The number of para-hydroxylation sites is 1. The molecule has 2 heterocycles. The molecule has 0 spiro atoms. The molecule has 0 saturated carbocycles. The number of carbonyl (C=O) groups is 1. The third-order valence-corrected chi connectivity index (χ3v) is 4.97. The lowest BCUT2D eigenvalue weighted by molar-refractivity contribution is 0.0787. The molecule has 0 aliphatic carbocycles. The number of likely N-dealkylation sites (tertiary alicyclic amines) is 1. The van der Waals surface area contributed by atoms with Gasteiger partial charge in [0.2, 0.25) is 0 Å². The van der Waals surface area contributed by atoms with E-state index in [1.54, 1.807) is 24.3 Å². The van der Waals surface area contributed by atoms with Crippen molar-refractivity contribution in [3.8, 4) is 11.1 Å². The fourth-order valence-corrected chi connectivity index (χ4v) is 3.48. The molecule has 0 radical (unpaired) electrons. The van der Waals surface area contributed by atoms with Gasteiger partial charge in [-0.2, -0.15) is 0 Å². The van der Waals surface area contributed by atoms with Crippen LogP contribution in [0.1, 0.15) is 16.8 Å². The molecular formula is C21H21ClN2O3. The summed E-state index contributed by atoms with van der Waals surface area (Å²) in [6.45, 7) is 2.02. The summed E-state index contributed by atoms with van der Waals surface area (Å²) in [5, 5.41) is 0.851. The molecule has 5 nitrogen and oxygen atoms in total. The average Bonchev–Trinajstić information content (AvgIpc) is 3.16. The van der Waals surface area contributed by atoms with Crippen molar-refractivity contribution in [3.63, 3.8) is 0 Å². The highest BCUT2D eigenvalue weighted by molar-refractivity contribution is 5.96. The molecule has 27 heavy (non-hydrogen) atoms. The maximum atomic E-state index is 12.8. The summed E-state index contributed by atoms with van der Waals surface area (Å²) in [5.74, 6) is 0.350. The van der Waals surface area contributed by atoms with Gasteiger partial charge in [0.15, 0.2) is 0 Å². The van der Waals surface area contributed by atoms with Crippen molar-refractivity contribution in [2.45, 2.75) is 6.42 Å². The molecule has 1 atom stereocenters. The Morgan fingerprint density at radius 1 is 1.15 bits per heavy atom. The second-order valence-electron chi connectivity index (χ2n) is 6.71. The summed E-state index contributed by atoms with van der Waals surface area (Å²) >= 11 is 0. The minimum absolute atomic E-state index is 0. The Hall–Kier alpha value is -2.63. The van der Waals surface area contributed by atoms with E-state index in [9.17, 15) is 9.59 Å². The lowest BCUT2D eigenvalue weighted by Crippen LogP contribution is -2.29. The van der Waals surface area contributed by atoms with E-state index in [1.807, 2.05) is 35.2 Å². The molecule has 3 aromatic rings. The van der Waals surface area contributed by atoms with E-state index in [-0.39, 0.29) is 18.3 Å². The number of nitrogens with two attached hydrogens (primary N) is 1. The van der Waals surface area contributed by atoms with Gasteiger partial charge in [0.1, 0.15) is 5.58 Å². The Balaban J connectivity index is 0.00000210. The van der Waals surface area contributed by atoms with E-state index in [0.29, 0.717) is 41.3 Å². The predicted octanol–water partition coefficient (Wildman–Crippen LogP) is 3.30. The highest BCUT2D eigenvalue weighted by Crippen LogP contribution is 2.24. The minimum atomic E-state index is -0.405. The van der Waals surface area contributed by atoms with Crippen molar-refractivity contribution >= 4 is 29.3 Å². The number of rotatable bonds is 3. The van der Waals surface area contributed by atoms with Crippen LogP contribution in [0.3, 0.4) is 0 Å². The first-order valence-corrected chi connectivity index (χ1v) is 8.78. The van der Waals surface area contributed by atoms with Crippen LogP contribution in [-0.2, 0) is 0 Å². The van der Waals surface area contributed by atoms with Crippen LogP contribution in [0, 0.1) is 5.92 Å². The van der Waals surface area contributed by atoms with Crippen LogP contribution in [0.2, 0.25) is 0 Å². The van der Waals surface area contributed by atoms with Gasteiger partial charge in [-0.1, -0.05) is 30.3 Å². The van der Waals surface area contributed by atoms with E-state index >= 15 is 0 Å². The smallest absolute Gasteiger partial charge is 0.344 e. The number of hydrogen-bond donors (Lipinski definition) is 1. The number of halogens is 1. The largest absolute Gasteiger partial charge is 0.422 e. The summed E-state index contributed by atoms with van der Waals surface area (Å²) < 4.78 is 5.41. The van der Waals surface area contributed by atoms with Gasteiger partial charge < -0.3 is 15.1 Å². The molecule has 1 saturated heterocycles. The zero-order chi connectivity index (χ0) is 18.1. The molecule has 1 aliphatic rings. The summed E-state index contributed by atoms with van der Waals surface area (Å²) in [7, 11) is 0. The summed E-state index contributed by atoms with van der Waals surface area (Å²) in [5.41, 5.74) is 7.58. The fraction of sp³-hybridized carbons (Fsp3) is 0.238. The molecular weight excluding hydrogens is 364 g/mol. The van der Waals surface area contributed by atoms with Crippen molar-refractivity contribution < 1.29 is 9.21 Å². The maximum absolute atomic E-state index is 12.8. The molecule has 1 unspecified atom stereocenters. The molecule has 1 fully saturated rings. The van der Waals surface area contributed by atoms with Crippen LogP contribution < -0.4 is 11.4 Å². The lowest BCUT2D eigenvalue weighted by Gasteiger charge is -2.16. The van der Waals surface area contributed by atoms with Crippen LogP contribution in [0.5, 0.6) is 0 Å². The predicted molar refractivity (Wildman–Crippen MR) is 108 cm³/mol. The van der Waals surface area contributed by atoms with Gasteiger partial charge in [-0.25, -0.2) is 4.79 Å². The zero-order valence-corrected chi connectivity index (χ0v) is 15.6. The van der Waals surface area contributed by atoms with E-state index in [0.717, 1.165) is 18.4 Å². The van der Waals surface area contributed by atoms with Crippen LogP contribution in [0.4, 0.5) is 0 Å². The first-order valence-electron chi connectivity index (χ1n) is 8.78. The molecule has 140 valence electrons. The van der Waals surface area contributed by atoms with Gasteiger partial charge in [-0.3, -0.25) is 4.79 Å². The highest BCUT2D eigenvalue weighted by atomic mass is 35.5. The molecule has 4 rings (SSSR count). The van der Waals surface area contributed by atoms with Gasteiger partial charge in [0.05, 0.1) is 5.56 Å². The van der Waals surface area contributed by atoms with Crippen molar-refractivity contribution in [1.29, 1.82) is 0 Å². The number of carbonyl (C=O) groups excluding carboxylic acids is 1. The molecule has 1 aliphatic heterocycles. The summed E-state index contributed by atoms with van der Waals surface area (Å²) in [4.78, 5) is 27.0. The first kappa shape index (κ1) is 19.1. The van der Waals surface area contributed by atoms with Crippen LogP contribution in [0.15, 0.2) is 63.8 Å². The van der Waals surface area contributed by atoms with Gasteiger partial charge in [-0.15, -0.1) is 12.4 Å². The SMILES string of the molecule is Cl.NCC1CCN(C(=O)c2cccc(-c3cc4ccccc4oc3=O)c2)C1. The normalized spacial score (nSPS) is 16.3. The van der Waals surface area contributed by atoms with Gasteiger partial charge >= 0.3 is 5.63 Å². The van der Waals surface area contributed by atoms with Gasteiger partial charge in [0, 0.05) is 24.0 Å². The molecule has 1 amide bonds. The number of fused-ring (bicyclic) bond motifs is 1. The molecule has 6 heteroatoms. The summed E-state index contributed by atoms with van der Waals surface area (Å²) in [6, 6.07) is 16.4. The molecule has 1 aromatic heterocycles. The van der Waals surface area contributed by atoms with Gasteiger partial charge in [-0.05, 0) is 48.7 Å². The fourth-order valence-electron chi connectivity index (χ4n) is 3.48. The Labute approximate surface area is 163 Å². The minimum Gasteiger partial charge on any atom is -0.422 e. The average molecular weight is 385 g/mol. The van der Waals surface area contributed by atoms with Crippen LogP contribution in [0.25, 0.3) is 22.1 Å². The lowest BCUT2D eigenvalue weighted by atomic mass is 10.0. The van der Waals surface area contributed by atoms with Crippen molar-refractivity contribution in [2.75, 3.05) is 19.6 Å². The second kappa shape index (κ2) is 7.94. The third kappa shape index (κ3) is 3.75. The van der Waals surface area contributed by atoms with Gasteiger partial charge in [0.25, 0.3) is 5.91 Å². The third-order valence-electron chi connectivity index (χ3n) is 4.97. The first-order chi connectivity index (χ1) is 12.7.